The van der Waals surface area contributed by atoms with Gasteiger partial charge in [-0.05, 0) is 24.6 Å². The van der Waals surface area contributed by atoms with Gasteiger partial charge in [0.1, 0.15) is 0 Å². The van der Waals surface area contributed by atoms with Gasteiger partial charge in [-0.15, -0.1) is 0 Å². The maximum absolute atomic E-state index is 12.2. The van der Waals surface area contributed by atoms with E-state index in [1.54, 1.807) is 24.3 Å². The smallest absolute Gasteiger partial charge is 0.292 e. The summed E-state index contributed by atoms with van der Waals surface area (Å²) in [6.45, 7) is 1.93. The fourth-order valence-electron chi connectivity index (χ4n) is 1.93. The van der Waals surface area contributed by atoms with Crippen LogP contribution in [-0.2, 0) is 4.74 Å². The first-order chi connectivity index (χ1) is 10.6. The number of benzene rings is 2. The first kappa shape index (κ1) is 16.0. The highest BCUT2D eigenvalue weighted by molar-refractivity contribution is 6.34. The molecule has 2 aromatic carbocycles. The van der Waals surface area contributed by atoms with Gasteiger partial charge in [0, 0.05) is 0 Å². The van der Waals surface area contributed by atoms with Crippen molar-refractivity contribution in [3.8, 4) is 0 Å². The summed E-state index contributed by atoms with van der Waals surface area (Å²) in [5.74, 6) is -0.355. The van der Waals surface area contributed by atoms with E-state index in [0.29, 0.717) is 10.6 Å². The SMILES string of the molecule is COC(=NC(C)c1ccccc1)NC(=O)c1ccccc1Cl. The molecule has 1 amide bonds. The van der Waals surface area contributed by atoms with Gasteiger partial charge in [0.25, 0.3) is 11.9 Å². The van der Waals surface area contributed by atoms with Crippen molar-refractivity contribution in [1.82, 2.24) is 5.32 Å². The standard InChI is InChI=1S/C17H17ClN2O2/c1-12(13-8-4-3-5-9-13)19-17(22-2)20-16(21)14-10-6-7-11-15(14)18/h3-12H,1-2H3,(H,19,20,21). The van der Waals surface area contributed by atoms with E-state index in [4.69, 9.17) is 16.3 Å². The second-order valence-corrected chi connectivity index (χ2v) is 5.07. The normalized spacial score (nSPS) is 12.6. The van der Waals surface area contributed by atoms with E-state index in [1.807, 2.05) is 37.3 Å². The van der Waals surface area contributed by atoms with Gasteiger partial charge in [-0.1, -0.05) is 54.1 Å². The van der Waals surface area contributed by atoms with Gasteiger partial charge in [-0.3, -0.25) is 10.1 Å². The highest BCUT2D eigenvalue weighted by Crippen LogP contribution is 2.17. The molecule has 114 valence electrons. The van der Waals surface area contributed by atoms with Gasteiger partial charge < -0.3 is 4.74 Å². The van der Waals surface area contributed by atoms with Crippen LogP contribution in [0.1, 0.15) is 28.9 Å². The number of ether oxygens (including phenoxy) is 1. The predicted molar refractivity (Wildman–Crippen MR) is 88.2 cm³/mol. The topological polar surface area (TPSA) is 50.7 Å². The number of amidine groups is 1. The van der Waals surface area contributed by atoms with Crippen molar-refractivity contribution in [3.05, 3.63) is 70.7 Å². The summed E-state index contributed by atoms with van der Waals surface area (Å²) < 4.78 is 5.15. The van der Waals surface area contributed by atoms with Crippen LogP contribution in [-0.4, -0.2) is 19.0 Å². The summed E-state index contributed by atoms with van der Waals surface area (Å²) in [4.78, 5) is 16.6. The van der Waals surface area contributed by atoms with Crippen molar-refractivity contribution in [2.45, 2.75) is 13.0 Å². The Balaban J connectivity index is 2.14. The van der Waals surface area contributed by atoms with Crippen molar-refractivity contribution in [1.29, 1.82) is 0 Å². The zero-order valence-corrected chi connectivity index (χ0v) is 13.2. The van der Waals surface area contributed by atoms with Gasteiger partial charge in [0.05, 0.1) is 23.7 Å². The van der Waals surface area contributed by atoms with Crippen molar-refractivity contribution >= 4 is 23.5 Å². The molecule has 0 aliphatic heterocycles. The third-order valence-electron chi connectivity index (χ3n) is 3.13. The van der Waals surface area contributed by atoms with Crippen LogP contribution in [0.2, 0.25) is 5.02 Å². The Kier molecular flexibility index (Phi) is 5.55. The average molecular weight is 317 g/mol. The molecule has 0 aliphatic rings. The molecule has 0 spiro atoms. The van der Waals surface area contributed by atoms with Gasteiger partial charge in [0.15, 0.2) is 0 Å². The lowest BCUT2D eigenvalue weighted by Crippen LogP contribution is -2.32. The third-order valence-corrected chi connectivity index (χ3v) is 3.45. The van der Waals surface area contributed by atoms with Gasteiger partial charge in [0.2, 0.25) is 0 Å². The van der Waals surface area contributed by atoms with Crippen molar-refractivity contribution in [2.75, 3.05) is 7.11 Å². The third kappa shape index (κ3) is 4.09. The van der Waals surface area contributed by atoms with Crippen LogP contribution in [0.3, 0.4) is 0 Å². The summed E-state index contributed by atoms with van der Waals surface area (Å²) in [6, 6.07) is 16.6. The Labute approximate surface area is 134 Å². The number of carbonyl (C=O) groups is 1. The fourth-order valence-corrected chi connectivity index (χ4v) is 2.15. The van der Waals surface area contributed by atoms with E-state index in [-0.39, 0.29) is 18.0 Å². The summed E-state index contributed by atoms with van der Waals surface area (Å²) in [5, 5.41) is 3.01. The number of aliphatic imine (C=N–C) groups is 1. The van der Waals surface area contributed by atoms with E-state index in [0.717, 1.165) is 5.56 Å². The highest BCUT2D eigenvalue weighted by Gasteiger charge is 2.13. The molecule has 0 heterocycles. The molecule has 2 rings (SSSR count). The zero-order chi connectivity index (χ0) is 15.9. The predicted octanol–water partition coefficient (Wildman–Crippen LogP) is 3.83. The van der Waals surface area contributed by atoms with Crippen LogP contribution in [0.25, 0.3) is 0 Å². The lowest BCUT2D eigenvalue weighted by atomic mass is 10.1. The van der Waals surface area contributed by atoms with Gasteiger partial charge in [-0.25, -0.2) is 4.99 Å². The van der Waals surface area contributed by atoms with E-state index in [2.05, 4.69) is 10.3 Å². The van der Waals surface area contributed by atoms with E-state index in [9.17, 15) is 4.79 Å². The first-order valence-electron chi connectivity index (χ1n) is 6.84. The molecule has 1 atom stereocenters. The molecular weight excluding hydrogens is 300 g/mol. The molecule has 1 unspecified atom stereocenters. The monoisotopic (exact) mass is 316 g/mol. The van der Waals surface area contributed by atoms with E-state index in [1.165, 1.54) is 7.11 Å². The molecule has 22 heavy (non-hydrogen) atoms. The van der Waals surface area contributed by atoms with Crippen molar-refractivity contribution in [2.24, 2.45) is 4.99 Å². The minimum atomic E-state index is -0.355. The molecule has 1 N–H and O–H groups in total. The Morgan fingerprint density at radius 1 is 1.14 bits per heavy atom. The van der Waals surface area contributed by atoms with Crippen molar-refractivity contribution < 1.29 is 9.53 Å². The van der Waals surface area contributed by atoms with Gasteiger partial charge >= 0.3 is 0 Å². The minimum absolute atomic E-state index is 0.136. The maximum Gasteiger partial charge on any atom is 0.292 e. The largest absolute Gasteiger partial charge is 0.468 e. The highest BCUT2D eigenvalue weighted by atomic mass is 35.5. The van der Waals surface area contributed by atoms with Crippen LogP contribution in [0.4, 0.5) is 0 Å². The molecule has 5 heteroatoms. The van der Waals surface area contributed by atoms with E-state index >= 15 is 0 Å². The second kappa shape index (κ2) is 7.61. The van der Waals surface area contributed by atoms with Crippen LogP contribution in [0.15, 0.2) is 59.6 Å². The summed E-state index contributed by atoms with van der Waals surface area (Å²) in [7, 11) is 1.46. The number of hydrogen-bond acceptors (Lipinski definition) is 3. The molecule has 0 saturated carbocycles. The Morgan fingerprint density at radius 3 is 2.41 bits per heavy atom. The Morgan fingerprint density at radius 2 is 1.77 bits per heavy atom. The Bertz CT molecular complexity index is 671. The summed E-state index contributed by atoms with van der Waals surface area (Å²) >= 11 is 6.01. The minimum Gasteiger partial charge on any atom is -0.468 e. The molecule has 0 aromatic heterocycles. The number of nitrogens with zero attached hydrogens (tertiary/aromatic N) is 1. The number of nitrogens with one attached hydrogen (secondary N) is 1. The molecule has 0 radical (unpaired) electrons. The Hall–Kier alpha value is -2.33. The van der Waals surface area contributed by atoms with E-state index < -0.39 is 0 Å². The number of rotatable bonds is 3. The first-order valence-corrected chi connectivity index (χ1v) is 7.22. The summed E-state index contributed by atoms with van der Waals surface area (Å²) in [6.07, 6.45) is 0. The zero-order valence-electron chi connectivity index (χ0n) is 12.4. The fraction of sp³-hybridized carbons (Fsp3) is 0.176. The van der Waals surface area contributed by atoms with Crippen LogP contribution < -0.4 is 5.32 Å². The molecule has 2 aromatic rings. The van der Waals surface area contributed by atoms with Crippen LogP contribution >= 0.6 is 11.6 Å². The quantitative estimate of drug-likeness (QED) is 0.691. The van der Waals surface area contributed by atoms with Crippen LogP contribution in [0.5, 0.6) is 0 Å². The number of halogens is 1. The molecular formula is C17H17ClN2O2. The second-order valence-electron chi connectivity index (χ2n) is 4.66. The maximum atomic E-state index is 12.2. The van der Waals surface area contributed by atoms with Crippen LogP contribution in [0, 0.1) is 0 Å². The molecule has 4 nitrogen and oxygen atoms in total. The van der Waals surface area contributed by atoms with Crippen molar-refractivity contribution in [3.63, 3.8) is 0 Å². The molecule has 0 bridgehead atoms. The molecule has 0 aliphatic carbocycles. The molecule has 0 fully saturated rings. The summed E-state index contributed by atoms with van der Waals surface area (Å²) in [5.41, 5.74) is 1.41. The molecule has 0 saturated heterocycles. The number of amides is 1. The van der Waals surface area contributed by atoms with Gasteiger partial charge in [-0.2, -0.15) is 0 Å². The number of hydrogen-bond donors (Lipinski definition) is 1. The lowest BCUT2D eigenvalue weighted by Gasteiger charge is -2.12. The average Bonchev–Trinajstić information content (AvgIpc) is 2.55. The number of methoxy groups -OCH3 is 1. The number of carbonyl (C=O) groups excluding carboxylic acids is 1. The lowest BCUT2D eigenvalue weighted by molar-refractivity contribution is 0.0968.